The van der Waals surface area contributed by atoms with Gasteiger partial charge in [0.15, 0.2) is 17.5 Å². The number of benzene rings is 3. The molecule has 0 aliphatic carbocycles. The Balaban J connectivity index is 1.29. The molecule has 4 aromatic rings. The molecule has 5 heterocycles. The molecule has 4 saturated heterocycles. The quantitative estimate of drug-likeness (QED) is 0.269. The van der Waals surface area contributed by atoms with Crippen LogP contribution in [-0.2, 0) is 0 Å². The monoisotopic (exact) mass is 609 g/mol. The number of alkyl halides is 1. The molecule has 6 nitrogen and oxygen atoms in total. The van der Waals surface area contributed by atoms with Crippen molar-refractivity contribution >= 4 is 27.5 Å². The third-order valence-electron chi connectivity index (χ3n) is 10.2. The molecule has 4 aliphatic heterocycles. The van der Waals surface area contributed by atoms with Gasteiger partial charge in [0.1, 0.15) is 29.9 Å². The molecule has 0 amide bonds. The molecule has 1 N–H and O–H groups in total. The van der Waals surface area contributed by atoms with E-state index in [1.165, 1.54) is 18.2 Å². The van der Waals surface area contributed by atoms with Gasteiger partial charge < -0.3 is 15.0 Å². The molecule has 4 aliphatic rings. The second-order valence-corrected chi connectivity index (χ2v) is 13.2. The second-order valence-electron chi connectivity index (χ2n) is 13.2. The van der Waals surface area contributed by atoms with Crippen molar-refractivity contribution in [2.75, 3.05) is 37.7 Å². The molecule has 11 heteroatoms. The van der Waals surface area contributed by atoms with Crippen LogP contribution in [-0.4, -0.2) is 70.9 Å². The summed E-state index contributed by atoms with van der Waals surface area (Å²) in [7, 11) is 0. The van der Waals surface area contributed by atoms with E-state index in [4.69, 9.17) is 9.72 Å². The first kappa shape index (κ1) is 27.9. The largest absolute Gasteiger partial charge is 0.461 e. The first-order valence-corrected chi connectivity index (χ1v) is 15.2. The van der Waals surface area contributed by atoms with Crippen LogP contribution in [0.1, 0.15) is 39.0 Å². The van der Waals surface area contributed by atoms with Gasteiger partial charge in [-0.3, -0.25) is 4.90 Å². The van der Waals surface area contributed by atoms with Gasteiger partial charge >= 0.3 is 6.01 Å². The van der Waals surface area contributed by atoms with Crippen LogP contribution in [0.3, 0.4) is 0 Å². The maximum Gasteiger partial charge on any atom is 0.319 e. The van der Waals surface area contributed by atoms with Gasteiger partial charge in [0.25, 0.3) is 0 Å². The van der Waals surface area contributed by atoms with E-state index in [0.717, 1.165) is 38.3 Å². The lowest BCUT2D eigenvalue weighted by Crippen LogP contribution is -2.58. The minimum absolute atomic E-state index is 0.0846. The van der Waals surface area contributed by atoms with E-state index in [2.05, 4.69) is 22.1 Å². The highest BCUT2D eigenvalue weighted by Gasteiger charge is 2.49. The highest BCUT2D eigenvalue weighted by atomic mass is 19.2. The fourth-order valence-electron chi connectivity index (χ4n) is 8.18. The van der Waals surface area contributed by atoms with E-state index >= 15 is 13.2 Å². The number of piperazine rings is 1. The predicted molar refractivity (Wildman–Crippen MR) is 158 cm³/mol. The average molecular weight is 610 g/mol. The van der Waals surface area contributed by atoms with Crippen molar-refractivity contribution in [2.45, 2.75) is 62.3 Å². The molecule has 8 rings (SSSR count). The summed E-state index contributed by atoms with van der Waals surface area (Å²) in [5.74, 6) is -3.90. The van der Waals surface area contributed by atoms with Crippen LogP contribution in [0.4, 0.5) is 27.8 Å². The molecule has 0 radical (unpaired) electrons. The molecule has 4 fully saturated rings. The van der Waals surface area contributed by atoms with E-state index in [1.54, 1.807) is 12.1 Å². The summed E-state index contributed by atoms with van der Waals surface area (Å²) < 4.78 is 82.7. The summed E-state index contributed by atoms with van der Waals surface area (Å²) in [4.78, 5) is 13.3. The van der Waals surface area contributed by atoms with Crippen LogP contribution < -0.4 is 15.0 Å². The normalized spacial score (nSPS) is 28.4. The Kier molecular flexibility index (Phi) is 6.33. The van der Waals surface area contributed by atoms with E-state index < -0.39 is 40.5 Å². The van der Waals surface area contributed by atoms with Crippen molar-refractivity contribution in [1.29, 1.82) is 0 Å². The number of nitrogens with zero attached hydrogens (tertiary/aromatic N) is 4. The van der Waals surface area contributed by atoms with Crippen molar-refractivity contribution in [3.05, 3.63) is 59.7 Å². The van der Waals surface area contributed by atoms with Gasteiger partial charge in [0.2, 0.25) is 0 Å². The Morgan fingerprint density at radius 2 is 1.89 bits per heavy atom. The maximum absolute atomic E-state index is 16.7. The van der Waals surface area contributed by atoms with Crippen LogP contribution in [0.2, 0.25) is 0 Å². The molecule has 4 atom stereocenters. The Hall–Kier alpha value is -3.57. The van der Waals surface area contributed by atoms with E-state index in [1.807, 2.05) is 4.90 Å². The number of anilines is 1. The van der Waals surface area contributed by atoms with Gasteiger partial charge in [0.05, 0.1) is 11.1 Å². The Labute approximate surface area is 251 Å². The number of rotatable bonds is 5. The third-order valence-corrected chi connectivity index (χ3v) is 10.2. The number of hydrogen-bond donors (Lipinski definition) is 1. The first-order valence-electron chi connectivity index (χ1n) is 15.2. The maximum atomic E-state index is 16.7. The molecule has 3 aromatic carbocycles. The zero-order valence-electron chi connectivity index (χ0n) is 24.3. The fraction of sp³-hybridized carbons (Fsp3) is 0.455. The Bertz CT molecular complexity index is 1820. The predicted octanol–water partition coefficient (Wildman–Crippen LogP) is 6.29. The van der Waals surface area contributed by atoms with Crippen molar-refractivity contribution in [1.82, 2.24) is 20.2 Å². The number of halogens is 5. The molecule has 2 bridgehead atoms. The number of ether oxygens (including phenoxy) is 1. The molecule has 0 spiro atoms. The van der Waals surface area contributed by atoms with Crippen molar-refractivity contribution in [2.24, 2.45) is 0 Å². The molecule has 1 aromatic heterocycles. The van der Waals surface area contributed by atoms with E-state index in [9.17, 15) is 8.78 Å². The van der Waals surface area contributed by atoms with Crippen LogP contribution in [0.15, 0.2) is 36.4 Å². The standard InChI is InChI=1S/C33H32F5N5O/c1-32-10-8-20(41-32)15-42(16-32)30-22-12-24(36)26(21-5-2-4-18-6-7-23(35)27(37)25(18)21)28(38)29(22)39-31(40-30)44-17-33-9-3-11-43(33)14-19(34)13-33/h2,4-7,12,19-20,41H,3,8-11,13-17H2,1H3/t19-,20-,32-,33+/m1/s1. The molecule has 230 valence electrons. The van der Waals surface area contributed by atoms with Gasteiger partial charge in [-0.1, -0.05) is 24.3 Å². The van der Waals surface area contributed by atoms with Crippen molar-refractivity contribution < 1.29 is 26.7 Å². The first-order chi connectivity index (χ1) is 21.1. The molecule has 0 unspecified atom stereocenters. The second kappa shape index (κ2) is 9.97. The lowest BCUT2D eigenvalue weighted by molar-refractivity contribution is 0.107. The van der Waals surface area contributed by atoms with Crippen LogP contribution in [0.25, 0.3) is 32.8 Å². The zero-order chi connectivity index (χ0) is 30.4. The number of fused-ring (bicyclic) bond motifs is 5. The summed E-state index contributed by atoms with van der Waals surface area (Å²) in [6, 6.07) is 8.11. The Morgan fingerprint density at radius 1 is 1.02 bits per heavy atom. The summed E-state index contributed by atoms with van der Waals surface area (Å²) in [6.45, 7) is 4.55. The summed E-state index contributed by atoms with van der Waals surface area (Å²) in [6.07, 6.45) is 3.03. The van der Waals surface area contributed by atoms with Gasteiger partial charge in [-0.25, -0.2) is 22.0 Å². The van der Waals surface area contributed by atoms with Gasteiger partial charge in [-0.2, -0.15) is 9.97 Å². The highest BCUT2D eigenvalue weighted by Crippen LogP contribution is 2.43. The third kappa shape index (κ3) is 4.34. The minimum atomic E-state index is -1.18. The lowest BCUT2D eigenvalue weighted by atomic mass is 9.95. The van der Waals surface area contributed by atoms with Crippen LogP contribution >= 0.6 is 0 Å². The molecular formula is C33H32F5N5O. The van der Waals surface area contributed by atoms with Crippen molar-refractivity contribution in [3.8, 4) is 17.1 Å². The van der Waals surface area contributed by atoms with E-state index in [0.29, 0.717) is 37.3 Å². The molecular weight excluding hydrogens is 577 g/mol. The van der Waals surface area contributed by atoms with Crippen LogP contribution in [0, 0.1) is 23.3 Å². The highest BCUT2D eigenvalue weighted by molar-refractivity contribution is 6.01. The molecule has 44 heavy (non-hydrogen) atoms. The number of hydrogen-bond acceptors (Lipinski definition) is 6. The van der Waals surface area contributed by atoms with Gasteiger partial charge in [0, 0.05) is 48.4 Å². The summed E-state index contributed by atoms with van der Waals surface area (Å²) in [5, 5.41) is 3.88. The zero-order valence-corrected chi connectivity index (χ0v) is 24.3. The van der Waals surface area contributed by atoms with E-state index in [-0.39, 0.29) is 46.1 Å². The Morgan fingerprint density at radius 3 is 2.73 bits per heavy atom. The lowest BCUT2D eigenvalue weighted by Gasteiger charge is -2.40. The SMILES string of the molecule is C[C@@]12CC[C@H](CN(c3nc(OC[C@@]45CCCN4C[C@H](F)C5)nc4c(F)c(-c5cccc6ccc(F)c(F)c56)c(F)cc34)C1)N2. The van der Waals surface area contributed by atoms with Gasteiger partial charge in [-0.05, 0) is 62.2 Å². The summed E-state index contributed by atoms with van der Waals surface area (Å²) >= 11 is 0. The fourth-order valence-corrected chi connectivity index (χ4v) is 8.18. The number of aromatic nitrogens is 2. The van der Waals surface area contributed by atoms with Crippen molar-refractivity contribution in [3.63, 3.8) is 0 Å². The minimum Gasteiger partial charge on any atom is -0.461 e. The number of nitrogens with one attached hydrogen (secondary N) is 1. The smallest absolute Gasteiger partial charge is 0.319 e. The average Bonchev–Trinajstić information content (AvgIpc) is 3.61. The summed E-state index contributed by atoms with van der Waals surface area (Å²) in [5.41, 5.74) is -1.47. The molecule has 0 saturated carbocycles. The van der Waals surface area contributed by atoms with Crippen LogP contribution in [0.5, 0.6) is 6.01 Å². The van der Waals surface area contributed by atoms with Gasteiger partial charge in [-0.15, -0.1) is 0 Å². The topological polar surface area (TPSA) is 53.5 Å².